The van der Waals surface area contributed by atoms with Gasteiger partial charge in [0.25, 0.3) is 5.91 Å². The number of anilines is 1. The van der Waals surface area contributed by atoms with Crippen molar-refractivity contribution in [2.45, 2.75) is 13.8 Å². The van der Waals surface area contributed by atoms with Gasteiger partial charge in [-0.15, -0.1) is 11.3 Å². The molecule has 3 aromatic carbocycles. The van der Waals surface area contributed by atoms with Crippen LogP contribution in [0.3, 0.4) is 0 Å². The van der Waals surface area contributed by atoms with E-state index in [1.54, 1.807) is 29.7 Å². The highest BCUT2D eigenvalue weighted by Crippen LogP contribution is 2.31. The first-order chi connectivity index (χ1) is 16.0. The summed E-state index contributed by atoms with van der Waals surface area (Å²) < 4.78 is 2.67. The summed E-state index contributed by atoms with van der Waals surface area (Å²) in [5.74, 6) is -0.551. The lowest BCUT2D eigenvalue weighted by Gasteiger charge is -2.09. The predicted molar refractivity (Wildman–Crippen MR) is 132 cm³/mol. The van der Waals surface area contributed by atoms with E-state index in [2.05, 4.69) is 29.5 Å². The lowest BCUT2D eigenvalue weighted by atomic mass is 10.2. The lowest BCUT2D eigenvalue weighted by Crippen LogP contribution is -2.25. The summed E-state index contributed by atoms with van der Waals surface area (Å²) >= 11 is 1.63. The summed E-state index contributed by atoms with van der Waals surface area (Å²) in [5.41, 5.74) is 4.95. The molecular weight excluding hydrogens is 432 g/mol. The molecule has 1 amide bonds. The Morgan fingerprint density at radius 3 is 2.52 bits per heavy atom. The Kier molecular flexibility index (Phi) is 5.32. The van der Waals surface area contributed by atoms with Gasteiger partial charge in [0.1, 0.15) is 5.01 Å². The smallest absolute Gasteiger partial charge is 0.280 e. The molecule has 1 N–H and O–H groups in total. The maximum atomic E-state index is 12.8. The number of rotatable bonds is 4. The molecule has 0 atom stereocenters. The van der Waals surface area contributed by atoms with Gasteiger partial charge in [0.15, 0.2) is 5.69 Å². The Balaban J connectivity index is 1.37. The lowest BCUT2D eigenvalue weighted by molar-refractivity contribution is 0.101. The fourth-order valence-electron chi connectivity index (χ4n) is 3.52. The normalized spacial score (nSPS) is 11.0. The first-order valence-electron chi connectivity index (χ1n) is 10.4. The largest absolute Gasteiger partial charge is 0.320 e. The highest BCUT2D eigenvalue weighted by atomic mass is 32.1. The maximum absolute atomic E-state index is 12.8. The number of thiazole rings is 1. The molecule has 7 heteroatoms. The van der Waals surface area contributed by atoms with Crippen LogP contribution < -0.4 is 10.7 Å². The number of benzene rings is 3. The maximum Gasteiger partial charge on any atom is 0.280 e. The van der Waals surface area contributed by atoms with E-state index >= 15 is 0 Å². The van der Waals surface area contributed by atoms with Crippen LogP contribution in [0.2, 0.25) is 0 Å². The summed E-state index contributed by atoms with van der Waals surface area (Å²) in [5, 5.41) is 7.95. The van der Waals surface area contributed by atoms with Crippen molar-refractivity contribution in [3.8, 4) is 16.3 Å². The van der Waals surface area contributed by atoms with Crippen LogP contribution in [0.1, 0.15) is 21.6 Å². The van der Waals surface area contributed by atoms with Gasteiger partial charge < -0.3 is 5.32 Å². The molecule has 2 aromatic heterocycles. The first-order valence-corrected chi connectivity index (χ1v) is 11.2. The number of amides is 1. The van der Waals surface area contributed by atoms with Gasteiger partial charge in [-0.2, -0.15) is 5.10 Å². The second kappa shape index (κ2) is 8.44. The van der Waals surface area contributed by atoms with Crippen LogP contribution in [0.15, 0.2) is 83.8 Å². The van der Waals surface area contributed by atoms with E-state index < -0.39 is 11.3 Å². The van der Waals surface area contributed by atoms with Crippen molar-refractivity contribution in [3.05, 3.63) is 106 Å². The third-order valence-electron chi connectivity index (χ3n) is 5.22. The Hall–Kier alpha value is -4.10. The molecule has 0 unspecified atom stereocenters. The molecule has 0 aliphatic heterocycles. The molecule has 6 nitrogen and oxygen atoms in total. The summed E-state index contributed by atoms with van der Waals surface area (Å²) in [6.45, 7) is 4.03. The molecule has 0 radical (unpaired) electrons. The van der Waals surface area contributed by atoms with E-state index in [1.807, 2.05) is 49.4 Å². The highest BCUT2D eigenvalue weighted by Gasteiger charge is 2.14. The number of hydrogen-bond acceptors (Lipinski definition) is 5. The number of carbonyl (C=O) groups is 1. The van der Waals surface area contributed by atoms with E-state index in [0.29, 0.717) is 5.69 Å². The van der Waals surface area contributed by atoms with Gasteiger partial charge in [0, 0.05) is 23.5 Å². The molecule has 0 spiro atoms. The molecule has 0 fully saturated rings. The second-order valence-electron chi connectivity index (χ2n) is 7.83. The van der Waals surface area contributed by atoms with Crippen LogP contribution in [0, 0.1) is 13.8 Å². The number of carbonyl (C=O) groups excluding carboxylic acids is 1. The fourth-order valence-corrected chi connectivity index (χ4v) is 4.59. The van der Waals surface area contributed by atoms with Gasteiger partial charge in [0.2, 0.25) is 5.43 Å². The first kappa shape index (κ1) is 20.8. The van der Waals surface area contributed by atoms with E-state index in [4.69, 9.17) is 4.98 Å². The van der Waals surface area contributed by atoms with Crippen LogP contribution in [0.25, 0.3) is 26.5 Å². The molecule has 0 saturated carbocycles. The third kappa shape index (κ3) is 4.31. The Morgan fingerprint density at radius 1 is 0.939 bits per heavy atom. The van der Waals surface area contributed by atoms with Gasteiger partial charge in [-0.3, -0.25) is 9.59 Å². The van der Waals surface area contributed by atoms with E-state index in [-0.39, 0.29) is 5.69 Å². The average Bonchev–Trinajstić information content (AvgIpc) is 3.23. The zero-order valence-electron chi connectivity index (χ0n) is 18.1. The molecule has 0 bridgehead atoms. The van der Waals surface area contributed by atoms with Gasteiger partial charge in [-0.25, -0.2) is 9.67 Å². The highest BCUT2D eigenvalue weighted by molar-refractivity contribution is 7.21. The zero-order chi connectivity index (χ0) is 22.9. The molecule has 2 heterocycles. The van der Waals surface area contributed by atoms with Crippen LogP contribution in [0.5, 0.6) is 0 Å². The molecule has 5 aromatic rings. The molecular formula is C26H20N4O2S. The molecule has 0 aliphatic rings. The number of hydrogen-bond donors (Lipinski definition) is 1. The van der Waals surface area contributed by atoms with Crippen LogP contribution in [-0.2, 0) is 0 Å². The van der Waals surface area contributed by atoms with Crippen LogP contribution in [-0.4, -0.2) is 20.7 Å². The van der Waals surface area contributed by atoms with Crippen molar-refractivity contribution < 1.29 is 4.79 Å². The topological polar surface area (TPSA) is 76.9 Å². The molecule has 5 rings (SSSR count). The van der Waals surface area contributed by atoms with Crippen molar-refractivity contribution in [2.24, 2.45) is 0 Å². The number of nitrogens with one attached hydrogen (secondary N) is 1. The summed E-state index contributed by atoms with van der Waals surface area (Å²) in [7, 11) is 0. The minimum Gasteiger partial charge on any atom is -0.320 e. The number of fused-ring (bicyclic) bond motifs is 1. The van der Waals surface area contributed by atoms with Crippen molar-refractivity contribution >= 4 is 33.1 Å². The SMILES string of the molecule is Cc1cccc(-n2ccc(=O)c(C(=O)Nc3ccc(-c4nc5ccc(C)cc5s4)cc3)n2)c1. The van der Waals surface area contributed by atoms with Crippen LogP contribution in [0.4, 0.5) is 5.69 Å². The molecule has 0 saturated heterocycles. The fraction of sp³-hybridized carbons (Fsp3) is 0.0769. The molecule has 33 heavy (non-hydrogen) atoms. The number of aryl methyl sites for hydroxylation is 2. The quantitative estimate of drug-likeness (QED) is 0.397. The van der Waals surface area contributed by atoms with Crippen molar-refractivity contribution in [1.82, 2.24) is 14.8 Å². The molecule has 162 valence electrons. The third-order valence-corrected chi connectivity index (χ3v) is 6.29. The van der Waals surface area contributed by atoms with Gasteiger partial charge in [-0.05, 0) is 73.5 Å². The zero-order valence-corrected chi connectivity index (χ0v) is 18.9. The summed E-state index contributed by atoms with van der Waals surface area (Å²) in [6, 6.07) is 22.6. The van der Waals surface area contributed by atoms with Gasteiger partial charge in [0.05, 0.1) is 15.9 Å². The minimum absolute atomic E-state index is 0.162. The van der Waals surface area contributed by atoms with E-state index in [1.165, 1.54) is 16.3 Å². The second-order valence-corrected chi connectivity index (χ2v) is 8.86. The van der Waals surface area contributed by atoms with E-state index in [9.17, 15) is 9.59 Å². The average molecular weight is 453 g/mol. The Labute approximate surface area is 194 Å². The number of aromatic nitrogens is 3. The van der Waals surface area contributed by atoms with Crippen molar-refractivity contribution in [3.63, 3.8) is 0 Å². The standard InChI is InChI=1S/C26H20N4O2S/c1-16-4-3-5-20(14-16)30-13-12-22(31)24(29-30)25(32)27-19-9-7-18(8-10-19)26-28-21-11-6-17(2)15-23(21)33-26/h3-15H,1-2H3,(H,27,32). The molecule has 0 aliphatic carbocycles. The van der Waals surface area contributed by atoms with Gasteiger partial charge in [-0.1, -0.05) is 18.2 Å². The summed E-state index contributed by atoms with van der Waals surface area (Å²) in [4.78, 5) is 29.8. The van der Waals surface area contributed by atoms with Crippen molar-refractivity contribution in [1.29, 1.82) is 0 Å². The predicted octanol–water partition coefficient (Wildman–Crippen LogP) is 5.38. The number of nitrogens with zero attached hydrogens (tertiary/aromatic N) is 3. The monoisotopic (exact) mass is 452 g/mol. The Bertz CT molecular complexity index is 1550. The summed E-state index contributed by atoms with van der Waals surface area (Å²) in [6.07, 6.45) is 1.56. The van der Waals surface area contributed by atoms with Gasteiger partial charge >= 0.3 is 0 Å². The van der Waals surface area contributed by atoms with E-state index in [0.717, 1.165) is 32.0 Å². The Morgan fingerprint density at radius 2 is 1.73 bits per heavy atom. The minimum atomic E-state index is -0.551. The van der Waals surface area contributed by atoms with Crippen LogP contribution >= 0.6 is 11.3 Å². The van der Waals surface area contributed by atoms with Crippen molar-refractivity contribution in [2.75, 3.05) is 5.32 Å².